The number of carbonyl (C=O) groups is 1. The highest BCUT2D eigenvalue weighted by molar-refractivity contribution is 6.11. The lowest BCUT2D eigenvalue weighted by Gasteiger charge is -2.03. The fourth-order valence-electron chi connectivity index (χ4n) is 2.87. The second-order valence-corrected chi connectivity index (χ2v) is 5.71. The Morgan fingerprint density at radius 1 is 1.36 bits per heavy atom. The maximum absolute atomic E-state index is 12.1. The molecule has 0 spiro atoms. The number of nitrogens with zero attached hydrogens (tertiary/aromatic N) is 1. The largest absolute Gasteiger partial charge is 0.494 e. The summed E-state index contributed by atoms with van der Waals surface area (Å²) in [6.45, 7) is 5.89. The van der Waals surface area contributed by atoms with Gasteiger partial charge in [0.05, 0.1) is 30.7 Å². The number of esters is 1. The minimum atomic E-state index is -0.317. The summed E-state index contributed by atoms with van der Waals surface area (Å²) in [5.41, 5.74) is 5.43. The molecule has 0 aliphatic carbocycles. The van der Waals surface area contributed by atoms with Crippen molar-refractivity contribution in [3.05, 3.63) is 64.1 Å². The highest BCUT2D eigenvalue weighted by atomic mass is 16.5. The van der Waals surface area contributed by atoms with Crippen molar-refractivity contribution >= 4 is 17.8 Å². The molecule has 6 heteroatoms. The summed E-state index contributed by atoms with van der Waals surface area (Å²) in [7, 11) is 1.61. The van der Waals surface area contributed by atoms with Crippen molar-refractivity contribution in [2.24, 2.45) is 4.99 Å². The van der Waals surface area contributed by atoms with E-state index in [2.05, 4.69) is 15.0 Å². The predicted octanol–water partition coefficient (Wildman–Crippen LogP) is 3.51. The highest BCUT2D eigenvalue weighted by Gasteiger charge is 2.21. The molecule has 130 valence electrons. The maximum Gasteiger partial charge on any atom is 0.340 e. The fraction of sp³-hybridized carbons (Fsp3) is 0.263. The number of aryl methyl sites for hydroxylation is 1. The molecule has 0 amide bonds. The van der Waals surface area contributed by atoms with E-state index >= 15 is 0 Å². The Bertz CT molecular complexity index is 883. The fourth-order valence-corrected chi connectivity index (χ4v) is 2.87. The molecule has 2 N–H and O–H groups in total. The van der Waals surface area contributed by atoms with Gasteiger partial charge in [0, 0.05) is 23.7 Å². The van der Waals surface area contributed by atoms with Crippen molar-refractivity contribution in [1.82, 2.24) is 9.97 Å². The van der Waals surface area contributed by atoms with E-state index in [0.29, 0.717) is 23.6 Å². The van der Waals surface area contributed by atoms with Crippen LogP contribution in [0.5, 0.6) is 0 Å². The van der Waals surface area contributed by atoms with Gasteiger partial charge in [-0.15, -0.1) is 0 Å². The quantitative estimate of drug-likeness (QED) is 0.818. The Morgan fingerprint density at radius 3 is 2.80 bits per heavy atom. The number of nitrogens with one attached hydrogen (secondary N) is 2. The molecule has 1 aliphatic heterocycles. The number of aromatic amines is 2. The molecule has 2 aromatic rings. The summed E-state index contributed by atoms with van der Waals surface area (Å²) in [4.78, 5) is 23.1. The SMILES string of the molecule is CCOC(=O)c1c(C)[nH]c(C=C2N=C(c3ccc[nH]3)C=C2OC)c1C. The molecule has 0 saturated carbocycles. The van der Waals surface area contributed by atoms with Gasteiger partial charge in [-0.25, -0.2) is 9.79 Å². The van der Waals surface area contributed by atoms with Crippen LogP contribution < -0.4 is 0 Å². The Balaban J connectivity index is 1.99. The van der Waals surface area contributed by atoms with Crippen LogP contribution in [0, 0.1) is 13.8 Å². The number of hydrogen-bond acceptors (Lipinski definition) is 4. The minimum Gasteiger partial charge on any atom is -0.494 e. The molecule has 1 aliphatic rings. The van der Waals surface area contributed by atoms with Gasteiger partial charge in [0.2, 0.25) is 0 Å². The maximum atomic E-state index is 12.1. The first kappa shape index (κ1) is 16.8. The van der Waals surface area contributed by atoms with Crippen LogP contribution >= 0.6 is 0 Å². The van der Waals surface area contributed by atoms with Crippen molar-refractivity contribution in [1.29, 1.82) is 0 Å². The molecule has 3 heterocycles. The number of rotatable bonds is 5. The molecule has 0 bridgehead atoms. The summed E-state index contributed by atoms with van der Waals surface area (Å²) in [5, 5.41) is 0. The van der Waals surface area contributed by atoms with E-state index in [9.17, 15) is 4.79 Å². The number of hydrogen-bond donors (Lipinski definition) is 2. The van der Waals surface area contributed by atoms with Crippen LogP contribution in [0.3, 0.4) is 0 Å². The predicted molar refractivity (Wildman–Crippen MR) is 96.6 cm³/mol. The summed E-state index contributed by atoms with van der Waals surface area (Å²) >= 11 is 0. The molecule has 6 nitrogen and oxygen atoms in total. The molecule has 0 radical (unpaired) electrons. The number of H-pyrrole nitrogens is 2. The summed E-state index contributed by atoms with van der Waals surface area (Å²) in [6.07, 6.45) is 5.62. The Kier molecular flexibility index (Phi) is 4.61. The third-order valence-corrected chi connectivity index (χ3v) is 4.09. The summed E-state index contributed by atoms with van der Waals surface area (Å²) in [5.74, 6) is 0.358. The average molecular weight is 339 g/mol. The average Bonchev–Trinajstić information content (AvgIpc) is 3.28. The molecule has 3 rings (SSSR count). The second kappa shape index (κ2) is 6.84. The van der Waals surface area contributed by atoms with Gasteiger partial charge in [-0.1, -0.05) is 0 Å². The first-order valence-electron chi connectivity index (χ1n) is 8.11. The lowest BCUT2D eigenvalue weighted by atomic mass is 10.1. The van der Waals surface area contributed by atoms with Crippen molar-refractivity contribution < 1.29 is 14.3 Å². The van der Waals surface area contributed by atoms with Crippen LogP contribution in [-0.4, -0.2) is 35.4 Å². The minimum absolute atomic E-state index is 0.317. The molecular formula is C19H21N3O3. The number of aliphatic imine (C=N–C) groups is 1. The molecule has 0 aromatic carbocycles. The first-order chi connectivity index (χ1) is 12.0. The van der Waals surface area contributed by atoms with E-state index in [1.165, 1.54) is 0 Å². The Morgan fingerprint density at radius 2 is 2.16 bits per heavy atom. The number of methoxy groups -OCH3 is 1. The van der Waals surface area contributed by atoms with E-state index < -0.39 is 0 Å². The number of carbonyl (C=O) groups excluding carboxylic acids is 1. The van der Waals surface area contributed by atoms with Crippen molar-refractivity contribution in [2.75, 3.05) is 13.7 Å². The van der Waals surface area contributed by atoms with Gasteiger partial charge in [0.15, 0.2) is 0 Å². The smallest absolute Gasteiger partial charge is 0.340 e. The molecule has 0 fully saturated rings. The van der Waals surface area contributed by atoms with Crippen molar-refractivity contribution in [3.8, 4) is 0 Å². The van der Waals surface area contributed by atoms with Crippen LogP contribution in [0.2, 0.25) is 0 Å². The lowest BCUT2D eigenvalue weighted by molar-refractivity contribution is 0.0525. The zero-order valence-corrected chi connectivity index (χ0v) is 14.8. The van der Waals surface area contributed by atoms with E-state index in [0.717, 1.165) is 28.4 Å². The van der Waals surface area contributed by atoms with Crippen LogP contribution in [0.1, 0.15) is 39.9 Å². The summed E-state index contributed by atoms with van der Waals surface area (Å²) in [6, 6.07) is 3.87. The molecular weight excluding hydrogens is 318 g/mol. The Hall–Kier alpha value is -3.02. The standard InChI is InChI=1S/C19H21N3O3/c1-5-25-19(23)18-11(2)14(21-12(18)3)9-16-17(24-4)10-15(22-16)13-7-6-8-20-13/h6-10,20-21H,5H2,1-4H3. The van der Waals surface area contributed by atoms with Gasteiger partial charge in [-0.05, 0) is 44.5 Å². The van der Waals surface area contributed by atoms with Crippen molar-refractivity contribution in [3.63, 3.8) is 0 Å². The van der Waals surface area contributed by atoms with Gasteiger partial charge < -0.3 is 19.4 Å². The zero-order chi connectivity index (χ0) is 18.0. The third kappa shape index (κ3) is 3.15. The summed E-state index contributed by atoms with van der Waals surface area (Å²) < 4.78 is 10.6. The number of allylic oxidation sites excluding steroid dienone is 1. The monoisotopic (exact) mass is 339 g/mol. The first-order valence-corrected chi connectivity index (χ1v) is 8.11. The van der Waals surface area contributed by atoms with Crippen LogP contribution in [-0.2, 0) is 9.47 Å². The molecule has 2 aromatic heterocycles. The number of aromatic nitrogens is 2. The topological polar surface area (TPSA) is 79.5 Å². The highest BCUT2D eigenvalue weighted by Crippen LogP contribution is 2.27. The van der Waals surface area contributed by atoms with E-state index in [-0.39, 0.29) is 5.97 Å². The van der Waals surface area contributed by atoms with Crippen LogP contribution in [0.25, 0.3) is 6.08 Å². The molecule has 0 unspecified atom stereocenters. The normalized spacial score (nSPS) is 15.3. The van der Waals surface area contributed by atoms with E-state index in [1.807, 2.05) is 44.3 Å². The molecule has 0 saturated heterocycles. The van der Waals surface area contributed by atoms with E-state index in [1.54, 1.807) is 14.0 Å². The van der Waals surface area contributed by atoms with Crippen molar-refractivity contribution in [2.45, 2.75) is 20.8 Å². The van der Waals surface area contributed by atoms with Crippen LogP contribution in [0.15, 0.2) is 40.9 Å². The Labute approximate surface area is 146 Å². The molecule has 25 heavy (non-hydrogen) atoms. The van der Waals surface area contributed by atoms with Gasteiger partial charge in [0.25, 0.3) is 0 Å². The van der Waals surface area contributed by atoms with Crippen LogP contribution in [0.4, 0.5) is 0 Å². The van der Waals surface area contributed by atoms with E-state index in [4.69, 9.17) is 9.47 Å². The lowest BCUT2D eigenvalue weighted by Crippen LogP contribution is -2.06. The molecule has 0 atom stereocenters. The van der Waals surface area contributed by atoms with Gasteiger partial charge >= 0.3 is 5.97 Å². The second-order valence-electron chi connectivity index (χ2n) is 5.71. The number of ether oxygens (including phenoxy) is 2. The van der Waals surface area contributed by atoms with Gasteiger partial charge in [-0.2, -0.15) is 0 Å². The van der Waals surface area contributed by atoms with Gasteiger partial charge in [0.1, 0.15) is 11.5 Å². The zero-order valence-electron chi connectivity index (χ0n) is 14.8. The third-order valence-electron chi connectivity index (χ3n) is 4.09. The van der Waals surface area contributed by atoms with Gasteiger partial charge in [-0.3, -0.25) is 0 Å².